The lowest BCUT2D eigenvalue weighted by atomic mass is 10.3. The Kier molecular flexibility index (Phi) is 2.60. The number of methoxy groups -OCH3 is 1. The molecule has 76 valence electrons. The van der Waals surface area contributed by atoms with E-state index >= 15 is 0 Å². The van der Waals surface area contributed by atoms with E-state index < -0.39 is 6.10 Å². The molecule has 0 saturated heterocycles. The van der Waals surface area contributed by atoms with Crippen LogP contribution in [-0.4, -0.2) is 35.3 Å². The molecule has 1 atom stereocenters. The number of nitrogens with zero attached hydrogens (tertiary/aromatic N) is 2. The van der Waals surface area contributed by atoms with Gasteiger partial charge in [0, 0.05) is 10.7 Å². The van der Waals surface area contributed by atoms with Crippen molar-refractivity contribution in [3.8, 4) is 0 Å². The predicted octanol–water partition coefficient (Wildman–Crippen LogP) is 1.02. The molecule has 0 bridgehead atoms. The number of ether oxygens (including phenoxy) is 1. The first kappa shape index (κ1) is 9.73. The summed E-state index contributed by atoms with van der Waals surface area (Å²) in [5, 5.41) is 9.56. The van der Waals surface area contributed by atoms with Gasteiger partial charge in [0.25, 0.3) is 0 Å². The number of fused-ring (bicyclic) bond motifs is 1. The molecule has 1 aliphatic heterocycles. The van der Waals surface area contributed by atoms with E-state index in [0.29, 0.717) is 19.0 Å². The summed E-state index contributed by atoms with van der Waals surface area (Å²) in [6.07, 6.45) is 1.47. The Balaban J connectivity index is 2.46. The second-order valence-electron chi connectivity index (χ2n) is 3.20. The zero-order valence-electron chi connectivity index (χ0n) is 7.77. The number of halogens is 1. The van der Waals surface area contributed by atoms with Crippen molar-refractivity contribution in [1.82, 2.24) is 4.57 Å². The number of hydrogen-bond acceptors (Lipinski definition) is 3. The van der Waals surface area contributed by atoms with Crippen molar-refractivity contribution in [1.29, 1.82) is 0 Å². The van der Waals surface area contributed by atoms with Crippen molar-refractivity contribution >= 4 is 21.8 Å². The van der Waals surface area contributed by atoms with Crippen LogP contribution in [0, 0.1) is 0 Å². The monoisotopic (exact) mass is 258 g/mol. The number of aliphatic hydroxyl groups excluding tert-OH is 1. The molecule has 14 heavy (non-hydrogen) atoms. The molecule has 1 aromatic rings. The Morgan fingerprint density at radius 3 is 3.21 bits per heavy atom. The number of aliphatic hydroxyl groups is 1. The van der Waals surface area contributed by atoms with Gasteiger partial charge in [-0.05, 0) is 22.0 Å². The van der Waals surface area contributed by atoms with Crippen LogP contribution in [0.1, 0.15) is 5.69 Å². The lowest BCUT2D eigenvalue weighted by Crippen LogP contribution is -2.17. The van der Waals surface area contributed by atoms with E-state index in [1.807, 2.05) is 16.8 Å². The summed E-state index contributed by atoms with van der Waals surface area (Å²) in [4.78, 5) is 4.18. The standard InChI is InChI=1S/C9H11BrN2O2/c1-14-9-8-2-6(10)4-12(8)5-7(13)3-11-9/h2,4,7,13H,3,5H2,1H3/t7-/m1/s1. The molecule has 0 amide bonds. The van der Waals surface area contributed by atoms with Crippen LogP contribution in [0.3, 0.4) is 0 Å². The first-order valence-corrected chi connectivity index (χ1v) is 5.12. The van der Waals surface area contributed by atoms with Crippen LogP contribution in [0.15, 0.2) is 21.7 Å². The zero-order chi connectivity index (χ0) is 10.1. The fourth-order valence-corrected chi connectivity index (χ4v) is 1.99. The molecular weight excluding hydrogens is 248 g/mol. The van der Waals surface area contributed by atoms with Crippen molar-refractivity contribution in [2.75, 3.05) is 13.7 Å². The third-order valence-electron chi connectivity index (χ3n) is 2.13. The van der Waals surface area contributed by atoms with E-state index in [1.165, 1.54) is 0 Å². The molecule has 1 aliphatic rings. The number of aromatic nitrogens is 1. The van der Waals surface area contributed by atoms with E-state index in [2.05, 4.69) is 20.9 Å². The van der Waals surface area contributed by atoms with Crippen LogP contribution in [0.5, 0.6) is 0 Å². The molecule has 5 heteroatoms. The predicted molar refractivity (Wildman–Crippen MR) is 56.6 cm³/mol. The van der Waals surface area contributed by atoms with Gasteiger partial charge in [0.15, 0.2) is 0 Å². The van der Waals surface area contributed by atoms with Gasteiger partial charge in [0.1, 0.15) is 5.69 Å². The van der Waals surface area contributed by atoms with E-state index in [4.69, 9.17) is 4.74 Å². The minimum Gasteiger partial charge on any atom is -0.480 e. The maximum atomic E-state index is 9.56. The van der Waals surface area contributed by atoms with Gasteiger partial charge in [-0.1, -0.05) is 0 Å². The average molecular weight is 259 g/mol. The van der Waals surface area contributed by atoms with Gasteiger partial charge in [0.05, 0.1) is 26.3 Å². The highest BCUT2D eigenvalue weighted by atomic mass is 79.9. The number of aliphatic imine (C=N–C) groups is 1. The Morgan fingerprint density at radius 2 is 2.50 bits per heavy atom. The summed E-state index contributed by atoms with van der Waals surface area (Å²) in [6.45, 7) is 0.944. The molecule has 4 nitrogen and oxygen atoms in total. The maximum Gasteiger partial charge on any atom is 0.233 e. The Morgan fingerprint density at radius 1 is 1.71 bits per heavy atom. The van der Waals surface area contributed by atoms with Crippen LogP contribution in [-0.2, 0) is 11.3 Å². The summed E-state index contributed by atoms with van der Waals surface area (Å²) in [7, 11) is 1.59. The van der Waals surface area contributed by atoms with Gasteiger partial charge in [-0.25, -0.2) is 4.99 Å². The fourth-order valence-electron chi connectivity index (χ4n) is 1.53. The minimum absolute atomic E-state index is 0.391. The molecule has 0 aliphatic carbocycles. The van der Waals surface area contributed by atoms with Gasteiger partial charge >= 0.3 is 0 Å². The molecule has 0 spiro atoms. The van der Waals surface area contributed by atoms with Crippen molar-refractivity contribution in [2.24, 2.45) is 4.99 Å². The third-order valence-corrected chi connectivity index (χ3v) is 2.56. The van der Waals surface area contributed by atoms with E-state index in [0.717, 1.165) is 10.2 Å². The second-order valence-corrected chi connectivity index (χ2v) is 4.12. The lowest BCUT2D eigenvalue weighted by Gasteiger charge is -2.07. The molecule has 0 fully saturated rings. The molecular formula is C9H11BrN2O2. The van der Waals surface area contributed by atoms with Gasteiger partial charge in [-0.3, -0.25) is 0 Å². The van der Waals surface area contributed by atoms with Crippen LogP contribution in [0.25, 0.3) is 0 Å². The molecule has 0 saturated carbocycles. The largest absolute Gasteiger partial charge is 0.480 e. The molecule has 2 heterocycles. The topological polar surface area (TPSA) is 46.8 Å². The van der Waals surface area contributed by atoms with Crippen LogP contribution < -0.4 is 0 Å². The average Bonchev–Trinajstić information content (AvgIpc) is 2.41. The highest BCUT2D eigenvalue weighted by molar-refractivity contribution is 9.10. The van der Waals surface area contributed by atoms with Gasteiger partial charge in [0.2, 0.25) is 5.90 Å². The van der Waals surface area contributed by atoms with Gasteiger partial charge in [-0.15, -0.1) is 0 Å². The molecule has 2 rings (SSSR count). The second kappa shape index (κ2) is 3.74. The summed E-state index contributed by atoms with van der Waals surface area (Å²) < 4.78 is 8.06. The highest BCUT2D eigenvalue weighted by Crippen LogP contribution is 2.18. The first-order chi connectivity index (χ1) is 6.70. The Hall–Kier alpha value is -0.810. The van der Waals surface area contributed by atoms with Crippen LogP contribution in [0.2, 0.25) is 0 Å². The third kappa shape index (κ3) is 1.69. The maximum absolute atomic E-state index is 9.56. The summed E-state index contributed by atoms with van der Waals surface area (Å²) in [6, 6.07) is 1.93. The van der Waals surface area contributed by atoms with Crippen molar-refractivity contribution in [2.45, 2.75) is 12.6 Å². The zero-order valence-corrected chi connectivity index (χ0v) is 9.36. The van der Waals surface area contributed by atoms with Gasteiger partial charge in [-0.2, -0.15) is 0 Å². The number of rotatable bonds is 0. The molecule has 1 aromatic heterocycles. The van der Waals surface area contributed by atoms with Gasteiger partial charge < -0.3 is 14.4 Å². The van der Waals surface area contributed by atoms with Crippen LogP contribution >= 0.6 is 15.9 Å². The lowest BCUT2D eigenvalue weighted by molar-refractivity contribution is 0.164. The SMILES string of the molecule is COC1=NC[C@@H](O)Cn2cc(Br)cc21. The highest BCUT2D eigenvalue weighted by Gasteiger charge is 2.18. The summed E-state index contributed by atoms with van der Waals surface area (Å²) in [5.74, 6) is 0.576. The van der Waals surface area contributed by atoms with Crippen molar-refractivity contribution < 1.29 is 9.84 Å². The molecule has 1 N–H and O–H groups in total. The van der Waals surface area contributed by atoms with E-state index in [-0.39, 0.29) is 0 Å². The molecule has 0 aromatic carbocycles. The summed E-state index contributed by atoms with van der Waals surface area (Å²) >= 11 is 3.38. The van der Waals surface area contributed by atoms with Crippen molar-refractivity contribution in [3.05, 3.63) is 22.4 Å². The van der Waals surface area contributed by atoms with E-state index in [9.17, 15) is 5.11 Å². The Labute approximate surface area is 90.3 Å². The number of hydrogen-bond donors (Lipinski definition) is 1. The molecule has 0 unspecified atom stereocenters. The smallest absolute Gasteiger partial charge is 0.233 e. The Bertz CT molecular complexity index is 373. The fraction of sp³-hybridized carbons (Fsp3) is 0.444. The first-order valence-electron chi connectivity index (χ1n) is 4.33. The van der Waals surface area contributed by atoms with E-state index in [1.54, 1.807) is 7.11 Å². The normalized spacial score (nSPS) is 21.1. The molecule has 0 radical (unpaired) electrons. The van der Waals surface area contributed by atoms with Crippen LogP contribution in [0.4, 0.5) is 0 Å². The summed E-state index contributed by atoms with van der Waals surface area (Å²) in [5.41, 5.74) is 0.899. The quantitative estimate of drug-likeness (QED) is 0.756. The van der Waals surface area contributed by atoms with Crippen molar-refractivity contribution in [3.63, 3.8) is 0 Å². The minimum atomic E-state index is -0.444.